The summed E-state index contributed by atoms with van der Waals surface area (Å²) in [7, 11) is 1.65. The van der Waals surface area contributed by atoms with Crippen molar-refractivity contribution in [3.05, 3.63) is 5.01 Å². The highest BCUT2D eigenvalue weighted by molar-refractivity contribution is 7.15. The van der Waals surface area contributed by atoms with Crippen molar-refractivity contribution in [2.24, 2.45) is 0 Å². The quantitative estimate of drug-likeness (QED) is 0.694. The number of anilines is 1. The molecule has 80 valence electrons. The van der Waals surface area contributed by atoms with E-state index < -0.39 is 0 Å². The Morgan fingerprint density at radius 3 is 2.93 bits per heavy atom. The molecule has 0 spiro atoms. The molecule has 0 amide bonds. The van der Waals surface area contributed by atoms with E-state index in [0.29, 0.717) is 19.8 Å². The fraction of sp³-hybridized carbons (Fsp3) is 0.750. The van der Waals surface area contributed by atoms with Gasteiger partial charge in [-0.15, -0.1) is 10.2 Å². The fourth-order valence-corrected chi connectivity index (χ4v) is 1.58. The van der Waals surface area contributed by atoms with Gasteiger partial charge >= 0.3 is 0 Å². The summed E-state index contributed by atoms with van der Waals surface area (Å²) in [4.78, 5) is 0. The van der Waals surface area contributed by atoms with E-state index in [1.54, 1.807) is 7.11 Å². The summed E-state index contributed by atoms with van der Waals surface area (Å²) in [5.41, 5.74) is 0. The Balaban J connectivity index is 2.22. The maximum absolute atomic E-state index is 5.31. The largest absolute Gasteiger partial charge is 0.382 e. The van der Waals surface area contributed by atoms with Crippen molar-refractivity contribution in [1.29, 1.82) is 0 Å². The zero-order valence-electron chi connectivity index (χ0n) is 8.45. The van der Waals surface area contributed by atoms with Crippen LogP contribution in [0, 0.1) is 0 Å². The summed E-state index contributed by atoms with van der Waals surface area (Å²) in [6.07, 6.45) is 0. The molecule has 0 saturated heterocycles. The zero-order chi connectivity index (χ0) is 10.2. The van der Waals surface area contributed by atoms with Gasteiger partial charge in [-0.1, -0.05) is 11.3 Å². The van der Waals surface area contributed by atoms with Gasteiger partial charge in [0, 0.05) is 13.7 Å². The van der Waals surface area contributed by atoms with Crippen LogP contribution in [0.3, 0.4) is 0 Å². The molecule has 1 aromatic heterocycles. The maximum atomic E-state index is 5.31. The van der Waals surface area contributed by atoms with E-state index in [0.717, 1.165) is 16.7 Å². The highest BCUT2D eigenvalue weighted by atomic mass is 32.1. The van der Waals surface area contributed by atoms with Crippen LogP contribution >= 0.6 is 11.3 Å². The molecule has 0 aliphatic rings. The summed E-state index contributed by atoms with van der Waals surface area (Å²) in [5, 5.41) is 12.7. The van der Waals surface area contributed by atoms with Crippen LogP contribution in [0.15, 0.2) is 0 Å². The second-order valence-corrected chi connectivity index (χ2v) is 3.64. The highest BCUT2D eigenvalue weighted by Gasteiger charge is 2.02. The Hall–Kier alpha value is -0.720. The lowest BCUT2D eigenvalue weighted by Crippen LogP contribution is -2.01. The van der Waals surface area contributed by atoms with E-state index >= 15 is 0 Å². The van der Waals surface area contributed by atoms with Crippen molar-refractivity contribution in [3.8, 4) is 0 Å². The van der Waals surface area contributed by atoms with E-state index in [9.17, 15) is 0 Å². The van der Waals surface area contributed by atoms with Gasteiger partial charge < -0.3 is 14.8 Å². The molecule has 0 unspecified atom stereocenters. The first-order chi connectivity index (χ1) is 6.86. The van der Waals surface area contributed by atoms with E-state index in [1.165, 1.54) is 11.3 Å². The summed E-state index contributed by atoms with van der Waals surface area (Å²) >= 11 is 1.52. The summed E-state index contributed by atoms with van der Waals surface area (Å²) < 4.78 is 10.2. The third-order valence-electron chi connectivity index (χ3n) is 1.45. The van der Waals surface area contributed by atoms with Crippen molar-refractivity contribution in [2.45, 2.75) is 13.5 Å². The highest BCUT2D eigenvalue weighted by Crippen LogP contribution is 2.15. The molecule has 0 aromatic carbocycles. The Bertz CT molecular complexity index is 254. The van der Waals surface area contributed by atoms with Crippen molar-refractivity contribution < 1.29 is 9.47 Å². The lowest BCUT2D eigenvalue weighted by Gasteiger charge is -1.98. The molecule has 0 bridgehead atoms. The molecule has 1 rings (SSSR count). The number of ether oxygens (including phenoxy) is 2. The first-order valence-corrected chi connectivity index (χ1v) is 5.31. The molecule has 1 N–H and O–H groups in total. The molecule has 0 radical (unpaired) electrons. The van der Waals surface area contributed by atoms with Gasteiger partial charge in [-0.05, 0) is 6.92 Å². The van der Waals surface area contributed by atoms with Crippen LogP contribution in [0.2, 0.25) is 0 Å². The number of nitrogens with zero attached hydrogens (tertiary/aromatic N) is 2. The molecule has 0 saturated carbocycles. The standard InChI is InChI=1S/C8H15N3O2S/c1-3-9-8-11-10-7(14-8)6-13-5-4-12-2/h3-6H2,1-2H3,(H,9,11). The number of hydrogen-bond acceptors (Lipinski definition) is 6. The number of methoxy groups -OCH3 is 1. The normalized spacial score (nSPS) is 10.4. The van der Waals surface area contributed by atoms with Crippen LogP contribution in [0.1, 0.15) is 11.9 Å². The minimum Gasteiger partial charge on any atom is -0.382 e. The number of nitrogens with one attached hydrogen (secondary N) is 1. The summed E-state index contributed by atoms with van der Waals surface area (Å²) in [5.74, 6) is 0. The van der Waals surface area contributed by atoms with Crippen LogP contribution < -0.4 is 5.32 Å². The first-order valence-electron chi connectivity index (χ1n) is 4.49. The average Bonchev–Trinajstić information content (AvgIpc) is 2.61. The van der Waals surface area contributed by atoms with Crippen LogP contribution in [0.4, 0.5) is 5.13 Å². The van der Waals surface area contributed by atoms with Crippen molar-refractivity contribution in [1.82, 2.24) is 10.2 Å². The Morgan fingerprint density at radius 1 is 1.36 bits per heavy atom. The number of hydrogen-bond donors (Lipinski definition) is 1. The molecule has 0 aliphatic carbocycles. The fourth-order valence-electron chi connectivity index (χ4n) is 0.836. The summed E-state index contributed by atoms with van der Waals surface area (Å²) in [6, 6.07) is 0. The molecular formula is C8H15N3O2S. The molecule has 0 fully saturated rings. The zero-order valence-corrected chi connectivity index (χ0v) is 9.26. The van der Waals surface area contributed by atoms with Crippen molar-refractivity contribution in [3.63, 3.8) is 0 Å². The first kappa shape index (κ1) is 11.4. The average molecular weight is 217 g/mol. The Kier molecular flexibility index (Phi) is 5.43. The lowest BCUT2D eigenvalue weighted by molar-refractivity contribution is 0.0613. The van der Waals surface area contributed by atoms with E-state index in [2.05, 4.69) is 15.5 Å². The van der Waals surface area contributed by atoms with Gasteiger partial charge in [0.25, 0.3) is 0 Å². The predicted octanol–water partition coefficient (Wildman–Crippen LogP) is 1.13. The van der Waals surface area contributed by atoms with Gasteiger partial charge in [0.2, 0.25) is 5.13 Å². The van der Waals surface area contributed by atoms with Crippen molar-refractivity contribution >= 4 is 16.5 Å². The molecule has 0 aliphatic heterocycles. The minimum atomic E-state index is 0.506. The minimum absolute atomic E-state index is 0.506. The van der Waals surface area contributed by atoms with Crippen LogP contribution in [0.25, 0.3) is 0 Å². The molecule has 0 atom stereocenters. The van der Waals surface area contributed by atoms with Gasteiger partial charge in [-0.2, -0.15) is 0 Å². The molecule has 5 nitrogen and oxygen atoms in total. The molecule has 14 heavy (non-hydrogen) atoms. The molecular weight excluding hydrogens is 202 g/mol. The van der Waals surface area contributed by atoms with Crippen LogP contribution in [0.5, 0.6) is 0 Å². The van der Waals surface area contributed by atoms with E-state index in [4.69, 9.17) is 9.47 Å². The van der Waals surface area contributed by atoms with Gasteiger partial charge in [0.15, 0.2) is 0 Å². The molecule has 6 heteroatoms. The third kappa shape index (κ3) is 3.99. The number of rotatable bonds is 7. The van der Waals surface area contributed by atoms with Crippen LogP contribution in [-0.2, 0) is 16.1 Å². The molecule has 1 heterocycles. The lowest BCUT2D eigenvalue weighted by atomic mass is 10.7. The van der Waals surface area contributed by atoms with Gasteiger partial charge in [-0.3, -0.25) is 0 Å². The summed E-state index contributed by atoms with van der Waals surface area (Å²) in [6.45, 7) is 4.59. The Labute approximate surface area is 87.4 Å². The smallest absolute Gasteiger partial charge is 0.205 e. The van der Waals surface area contributed by atoms with Gasteiger partial charge in [0.05, 0.1) is 13.2 Å². The Morgan fingerprint density at radius 2 is 2.21 bits per heavy atom. The monoisotopic (exact) mass is 217 g/mol. The van der Waals surface area contributed by atoms with Crippen molar-refractivity contribution in [2.75, 3.05) is 32.2 Å². The van der Waals surface area contributed by atoms with E-state index in [1.807, 2.05) is 6.92 Å². The van der Waals surface area contributed by atoms with Gasteiger partial charge in [0.1, 0.15) is 11.6 Å². The van der Waals surface area contributed by atoms with E-state index in [-0.39, 0.29) is 0 Å². The third-order valence-corrected chi connectivity index (χ3v) is 2.31. The maximum Gasteiger partial charge on any atom is 0.205 e. The molecule has 1 aromatic rings. The topological polar surface area (TPSA) is 56.3 Å². The van der Waals surface area contributed by atoms with Gasteiger partial charge in [-0.25, -0.2) is 0 Å². The second-order valence-electron chi connectivity index (χ2n) is 2.58. The van der Waals surface area contributed by atoms with Crippen LogP contribution in [-0.4, -0.2) is 37.1 Å². The predicted molar refractivity (Wildman–Crippen MR) is 55.6 cm³/mol. The second kappa shape index (κ2) is 6.69. The number of aromatic nitrogens is 2. The SMILES string of the molecule is CCNc1nnc(COCCOC)s1.